The fourth-order valence-corrected chi connectivity index (χ4v) is 1.99. The van der Waals surface area contributed by atoms with Gasteiger partial charge in [-0.3, -0.25) is 0 Å². The van der Waals surface area contributed by atoms with Crippen molar-refractivity contribution in [3.8, 4) is 0 Å². The van der Waals surface area contributed by atoms with Gasteiger partial charge in [-0.25, -0.2) is 8.78 Å². The van der Waals surface area contributed by atoms with Crippen molar-refractivity contribution in [3.05, 3.63) is 34.9 Å². The fraction of sp³-hybridized carbons (Fsp3) is 0.455. The standard InChI is InChI=1S/C11H12F2/c1-2-7-3-8-5-10(12)11(13)6-9(8)4-7/h5-7H,2-4H2,1H3. The van der Waals surface area contributed by atoms with Gasteiger partial charge < -0.3 is 0 Å². The predicted molar refractivity (Wildman–Crippen MR) is 47.5 cm³/mol. The Morgan fingerprint density at radius 3 is 2.00 bits per heavy atom. The first-order valence-electron chi connectivity index (χ1n) is 4.67. The van der Waals surface area contributed by atoms with Gasteiger partial charge in [-0.2, -0.15) is 0 Å². The second-order valence-corrected chi connectivity index (χ2v) is 3.72. The molecule has 0 unspecified atom stereocenters. The number of rotatable bonds is 1. The third kappa shape index (κ3) is 1.45. The summed E-state index contributed by atoms with van der Waals surface area (Å²) in [4.78, 5) is 0. The van der Waals surface area contributed by atoms with Crippen LogP contribution in [0.25, 0.3) is 0 Å². The van der Waals surface area contributed by atoms with E-state index in [0.717, 1.165) is 30.4 Å². The normalized spacial score (nSPS) is 16.2. The van der Waals surface area contributed by atoms with Gasteiger partial charge in [0.2, 0.25) is 0 Å². The van der Waals surface area contributed by atoms with Crippen LogP contribution in [0, 0.1) is 17.6 Å². The van der Waals surface area contributed by atoms with E-state index in [0.29, 0.717) is 5.92 Å². The van der Waals surface area contributed by atoms with Crippen LogP contribution in [0.1, 0.15) is 24.5 Å². The zero-order valence-corrected chi connectivity index (χ0v) is 7.61. The Bertz CT molecular complexity index is 300. The van der Waals surface area contributed by atoms with Gasteiger partial charge in [0.15, 0.2) is 11.6 Å². The lowest BCUT2D eigenvalue weighted by Gasteiger charge is -2.01. The summed E-state index contributed by atoms with van der Waals surface area (Å²) in [5, 5.41) is 0. The van der Waals surface area contributed by atoms with Crippen molar-refractivity contribution < 1.29 is 8.78 Å². The Balaban J connectivity index is 2.36. The monoisotopic (exact) mass is 182 g/mol. The van der Waals surface area contributed by atoms with Crippen LogP contribution in [-0.4, -0.2) is 0 Å². The van der Waals surface area contributed by atoms with Crippen LogP contribution in [0.15, 0.2) is 12.1 Å². The summed E-state index contributed by atoms with van der Waals surface area (Å²) in [6.07, 6.45) is 2.89. The number of fused-ring (bicyclic) bond motifs is 1. The first-order valence-corrected chi connectivity index (χ1v) is 4.67. The van der Waals surface area contributed by atoms with Crippen molar-refractivity contribution in [2.45, 2.75) is 26.2 Å². The minimum atomic E-state index is -0.712. The smallest absolute Gasteiger partial charge is 0.159 e. The maximum Gasteiger partial charge on any atom is 0.159 e. The van der Waals surface area contributed by atoms with E-state index in [2.05, 4.69) is 6.92 Å². The summed E-state index contributed by atoms with van der Waals surface area (Å²) >= 11 is 0. The minimum Gasteiger partial charge on any atom is -0.204 e. The van der Waals surface area contributed by atoms with Crippen LogP contribution in [-0.2, 0) is 12.8 Å². The molecule has 0 aromatic heterocycles. The second-order valence-electron chi connectivity index (χ2n) is 3.72. The quantitative estimate of drug-likeness (QED) is 0.626. The van der Waals surface area contributed by atoms with Crippen LogP contribution < -0.4 is 0 Å². The molecule has 0 amide bonds. The van der Waals surface area contributed by atoms with Crippen molar-refractivity contribution in [2.24, 2.45) is 5.92 Å². The molecule has 0 atom stereocenters. The molecule has 0 fully saturated rings. The van der Waals surface area contributed by atoms with Crippen LogP contribution in [0.5, 0.6) is 0 Å². The minimum absolute atomic E-state index is 0.580. The third-order valence-corrected chi connectivity index (χ3v) is 2.84. The molecule has 0 N–H and O–H groups in total. The van der Waals surface area contributed by atoms with E-state index in [1.165, 1.54) is 12.1 Å². The van der Waals surface area contributed by atoms with Crippen LogP contribution >= 0.6 is 0 Å². The topological polar surface area (TPSA) is 0 Å². The molecular weight excluding hydrogens is 170 g/mol. The number of hydrogen-bond acceptors (Lipinski definition) is 0. The summed E-state index contributed by atoms with van der Waals surface area (Å²) in [5.74, 6) is -0.845. The van der Waals surface area contributed by atoms with Crippen molar-refractivity contribution in [3.63, 3.8) is 0 Å². The predicted octanol–water partition coefficient (Wildman–Crippen LogP) is 3.09. The summed E-state index contributed by atoms with van der Waals surface area (Å²) < 4.78 is 25.7. The Labute approximate surface area is 76.6 Å². The lowest BCUT2D eigenvalue weighted by atomic mass is 10.0. The molecule has 1 aliphatic carbocycles. The highest BCUT2D eigenvalue weighted by Gasteiger charge is 2.21. The zero-order valence-electron chi connectivity index (χ0n) is 7.61. The van der Waals surface area contributed by atoms with Crippen molar-refractivity contribution in [1.29, 1.82) is 0 Å². The van der Waals surface area contributed by atoms with Crippen molar-refractivity contribution in [2.75, 3.05) is 0 Å². The molecule has 1 aromatic carbocycles. The van der Waals surface area contributed by atoms with Gasteiger partial charge in [0.25, 0.3) is 0 Å². The van der Waals surface area contributed by atoms with Gasteiger partial charge in [-0.1, -0.05) is 13.3 Å². The molecule has 0 aliphatic heterocycles. The molecule has 0 saturated carbocycles. The average Bonchev–Trinajstić information content (AvgIpc) is 2.48. The van der Waals surface area contributed by atoms with Crippen LogP contribution in [0.3, 0.4) is 0 Å². The van der Waals surface area contributed by atoms with E-state index in [1.807, 2.05) is 0 Å². The number of halogens is 2. The summed E-state index contributed by atoms with van der Waals surface area (Å²) in [7, 11) is 0. The lowest BCUT2D eigenvalue weighted by Crippen LogP contribution is -1.95. The maximum atomic E-state index is 12.8. The largest absolute Gasteiger partial charge is 0.204 e. The van der Waals surface area contributed by atoms with Gasteiger partial charge in [-0.05, 0) is 42.0 Å². The molecule has 0 heterocycles. The second kappa shape index (κ2) is 3.09. The summed E-state index contributed by atoms with van der Waals surface area (Å²) in [6, 6.07) is 2.70. The van der Waals surface area contributed by atoms with E-state index in [4.69, 9.17) is 0 Å². The highest BCUT2D eigenvalue weighted by Crippen LogP contribution is 2.30. The molecule has 13 heavy (non-hydrogen) atoms. The molecule has 0 nitrogen and oxygen atoms in total. The third-order valence-electron chi connectivity index (χ3n) is 2.84. The van der Waals surface area contributed by atoms with Crippen molar-refractivity contribution >= 4 is 0 Å². The molecule has 1 aromatic rings. The highest BCUT2D eigenvalue weighted by molar-refractivity contribution is 5.33. The molecule has 2 rings (SSSR count). The van der Waals surface area contributed by atoms with E-state index in [9.17, 15) is 8.78 Å². The summed E-state index contributed by atoms with van der Waals surface area (Å²) in [5.41, 5.74) is 1.98. The first-order chi connectivity index (χ1) is 6.20. The number of hydrogen-bond donors (Lipinski definition) is 0. The van der Waals surface area contributed by atoms with Gasteiger partial charge in [0.05, 0.1) is 0 Å². The lowest BCUT2D eigenvalue weighted by molar-refractivity contribution is 0.507. The molecule has 0 bridgehead atoms. The fourth-order valence-electron chi connectivity index (χ4n) is 1.99. The van der Waals surface area contributed by atoms with Gasteiger partial charge in [0, 0.05) is 0 Å². The Kier molecular flexibility index (Phi) is 2.06. The summed E-state index contributed by atoms with van der Waals surface area (Å²) in [6.45, 7) is 2.11. The number of benzene rings is 1. The van der Waals surface area contributed by atoms with Crippen molar-refractivity contribution in [1.82, 2.24) is 0 Å². The van der Waals surface area contributed by atoms with E-state index in [1.54, 1.807) is 0 Å². The van der Waals surface area contributed by atoms with Gasteiger partial charge >= 0.3 is 0 Å². The molecule has 0 spiro atoms. The zero-order chi connectivity index (χ0) is 9.42. The maximum absolute atomic E-state index is 12.8. The first kappa shape index (κ1) is 8.67. The molecule has 70 valence electrons. The molecular formula is C11H12F2. The van der Waals surface area contributed by atoms with E-state index < -0.39 is 11.6 Å². The van der Waals surface area contributed by atoms with E-state index >= 15 is 0 Å². The molecule has 2 heteroatoms. The Hall–Kier alpha value is -0.920. The van der Waals surface area contributed by atoms with Gasteiger partial charge in [-0.15, -0.1) is 0 Å². The average molecular weight is 182 g/mol. The van der Waals surface area contributed by atoms with Crippen LogP contribution in [0.4, 0.5) is 8.78 Å². The molecule has 0 radical (unpaired) electrons. The molecule has 1 aliphatic rings. The van der Waals surface area contributed by atoms with Crippen LogP contribution in [0.2, 0.25) is 0 Å². The Morgan fingerprint density at radius 2 is 1.62 bits per heavy atom. The van der Waals surface area contributed by atoms with E-state index in [-0.39, 0.29) is 0 Å². The SMILES string of the molecule is CCC1Cc2cc(F)c(F)cc2C1. The highest BCUT2D eigenvalue weighted by atomic mass is 19.2. The Morgan fingerprint density at radius 1 is 1.15 bits per heavy atom. The molecule has 0 saturated heterocycles. The van der Waals surface area contributed by atoms with Gasteiger partial charge in [0.1, 0.15) is 0 Å².